The number of aromatic nitrogens is 2. The Balaban J connectivity index is 2.92. The summed E-state index contributed by atoms with van der Waals surface area (Å²) in [6.45, 7) is 13.3. The van der Waals surface area contributed by atoms with Crippen LogP contribution >= 0.6 is 0 Å². The van der Waals surface area contributed by atoms with E-state index in [0.717, 1.165) is 31.7 Å². The predicted molar refractivity (Wildman–Crippen MR) is 88.7 cm³/mol. The fourth-order valence-corrected chi connectivity index (χ4v) is 2.03. The molecule has 1 rings (SSSR count). The molecular formula is C16H30N4O. The van der Waals surface area contributed by atoms with E-state index in [9.17, 15) is 0 Å². The standard InChI is InChI=1S/C16H30N4O/c1-6-21-16-14(17)15(18-11-19-16)20(9-7-12(2)3)10-8-13(4)5/h11-13H,6-10,17H2,1-5H3. The Bertz CT molecular complexity index is 409. The summed E-state index contributed by atoms with van der Waals surface area (Å²) < 4.78 is 5.48. The van der Waals surface area contributed by atoms with E-state index in [1.165, 1.54) is 6.33 Å². The molecule has 21 heavy (non-hydrogen) atoms. The molecule has 0 aliphatic carbocycles. The third-order valence-corrected chi connectivity index (χ3v) is 3.36. The first-order valence-electron chi connectivity index (χ1n) is 7.93. The van der Waals surface area contributed by atoms with Gasteiger partial charge in [0.15, 0.2) is 5.82 Å². The summed E-state index contributed by atoms with van der Waals surface area (Å²) >= 11 is 0. The van der Waals surface area contributed by atoms with Crippen LogP contribution < -0.4 is 15.4 Å². The summed E-state index contributed by atoms with van der Waals surface area (Å²) in [6, 6.07) is 0. The van der Waals surface area contributed by atoms with Gasteiger partial charge in [-0.1, -0.05) is 27.7 Å². The van der Waals surface area contributed by atoms with E-state index in [1.54, 1.807) is 0 Å². The molecule has 1 aromatic rings. The van der Waals surface area contributed by atoms with Crippen LogP contribution in [0.15, 0.2) is 6.33 Å². The average Bonchev–Trinajstić information content (AvgIpc) is 2.41. The Labute approximate surface area is 128 Å². The zero-order valence-corrected chi connectivity index (χ0v) is 14.1. The number of ether oxygens (including phenoxy) is 1. The lowest BCUT2D eigenvalue weighted by molar-refractivity contribution is 0.328. The minimum Gasteiger partial charge on any atom is -0.476 e. The third kappa shape index (κ3) is 5.78. The fourth-order valence-electron chi connectivity index (χ4n) is 2.03. The van der Waals surface area contributed by atoms with Crippen LogP contribution in [0.3, 0.4) is 0 Å². The highest BCUT2D eigenvalue weighted by molar-refractivity contribution is 5.67. The van der Waals surface area contributed by atoms with Gasteiger partial charge in [0.25, 0.3) is 0 Å². The molecule has 0 unspecified atom stereocenters. The van der Waals surface area contributed by atoms with Crippen LogP contribution in [-0.4, -0.2) is 29.7 Å². The van der Waals surface area contributed by atoms with Gasteiger partial charge in [-0.15, -0.1) is 0 Å². The van der Waals surface area contributed by atoms with Gasteiger partial charge in [0.1, 0.15) is 12.0 Å². The SMILES string of the molecule is CCOc1ncnc(N(CCC(C)C)CCC(C)C)c1N. The second kappa shape index (κ2) is 8.70. The van der Waals surface area contributed by atoms with Gasteiger partial charge in [-0.2, -0.15) is 4.98 Å². The van der Waals surface area contributed by atoms with Crippen molar-refractivity contribution in [3.05, 3.63) is 6.33 Å². The number of hydrogen-bond acceptors (Lipinski definition) is 5. The van der Waals surface area contributed by atoms with Gasteiger partial charge >= 0.3 is 0 Å². The highest BCUT2D eigenvalue weighted by atomic mass is 16.5. The van der Waals surface area contributed by atoms with Gasteiger partial charge in [0.05, 0.1) is 6.61 Å². The van der Waals surface area contributed by atoms with E-state index < -0.39 is 0 Å². The molecule has 0 amide bonds. The maximum Gasteiger partial charge on any atom is 0.242 e. The molecule has 0 aromatic carbocycles. The Morgan fingerprint density at radius 1 is 1.10 bits per heavy atom. The molecule has 120 valence electrons. The quantitative estimate of drug-likeness (QED) is 0.756. The van der Waals surface area contributed by atoms with Gasteiger partial charge in [0.2, 0.25) is 5.88 Å². The van der Waals surface area contributed by atoms with Gasteiger partial charge in [-0.3, -0.25) is 0 Å². The van der Waals surface area contributed by atoms with Crippen LogP contribution in [0.25, 0.3) is 0 Å². The van der Waals surface area contributed by atoms with Crippen LogP contribution in [0.5, 0.6) is 5.88 Å². The monoisotopic (exact) mass is 294 g/mol. The number of nitrogens with zero attached hydrogens (tertiary/aromatic N) is 3. The van der Waals surface area contributed by atoms with Crippen molar-refractivity contribution in [3.63, 3.8) is 0 Å². The van der Waals surface area contributed by atoms with Gasteiger partial charge in [-0.05, 0) is 31.6 Å². The lowest BCUT2D eigenvalue weighted by Gasteiger charge is -2.26. The van der Waals surface area contributed by atoms with Crippen LogP contribution in [-0.2, 0) is 0 Å². The van der Waals surface area contributed by atoms with Crippen molar-refractivity contribution < 1.29 is 4.74 Å². The lowest BCUT2D eigenvalue weighted by atomic mass is 10.1. The molecule has 0 fully saturated rings. The van der Waals surface area contributed by atoms with Crippen molar-refractivity contribution in [2.24, 2.45) is 11.8 Å². The Morgan fingerprint density at radius 2 is 1.67 bits per heavy atom. The van der Waals surface area contributed by atoms with Crippen LogP contribution in [0.2, 0.25) is 0 Å². The molecule has 0 atom stereocenters. The lowest BCUT2D eigenvalue weighted by Crippen LogP contribution is -2.29. The molecule has 0 bridgehead atoms. The first-order valence-corrected chi connectivity index (χ1v) is 7.93. The summed E-state index contributed by atoms with van der Waals surface area (Å²) in [7, 11) is 0. The van der Waals surface area contributed by atoms with E-state index in [4.69, 9.17) is 10.5 Å². The summed E-state index contributed by atoms with van der Waals surface area (Å²) in [6.07, 6.45) is 3.77. The van der Waals surface area contributed by atoms with Gasteiger partial charge in [-0.25, -0.2) is 4.98 Å². The molecule has 1 heterocycles. The van der Waals surface area contributed by atoms with Crippen molar-refractivity contribution in [1.82, 2.24) is 9.97 Å². The highest BCUT2D eigenvalue weighted by Crippen LogP contribution is 2.28. The van der Waals surface area contributed by atoms with Gasteiger partial charge in [0, 0.05) is 13.1 Å². The Morgan fingerprint density at radius 3 is 2.14 bits per heavy atom. The molecule has 0 saturated heterocycles. The number of nitrogens with two attached hydrogens (primary N) is 1. The summed E-state index contributed by atoms with van der Waals surface area (Å²) in [5, 5.41) is 0. The first kappa shape index (κ1) is 17.5. The first-order chi connectivity index (χ1) is 9.95. The van der Waals surface area contributed by atoms with E-state index in [-0.39, 0.29) is 0 Å². The second-order valence-corrected chi connectivity index (χ2v) is 6.20. The number of rotatable bonds is 9. The molecular weight excluding hydrogens is 264 g/mol. The minimum atomic E-state index is 0.488. The number of hydrogen-bond donors (Lipinski definition) is 1. The van der Waals surface area contributed by atoms with E-state index in [1.807, 2.05) is 6.92 Å². The zero-order chi connectivity index (χ0) is 15.8. The largest absolute Gasteiger partial charge is 0.476 e. The molecule has 1 aromatic heterocycles. The third-order valence-electron chi connectivity index (χ3n) is 3.36. The van der Waals surface area contributed by atoms with E-state index >= 15 is 0 Å². The average molecular weight is 294 g/mol. The molecule has 0 saturated carbocycles. The summed E-state index contributed by atoms with van der Waals surface area (Å²) in [4.78, 5) is 10.8. The van der Waals surface area contributed by atoms with E-state index in [2.05, 4.69) is 42.6 Å². The highest BCUT2D eigenvalue weighted by Gasteiger charge is 2.16. The van der Waals surface area contributed by atoms with Crippen LogP contribution in [0.4, 0.5) is 11.5 Å². The molecule has 2 N–H and O–H groups in total. The molecule has 0 spiro atoms. The van der Waals surface area contributed by atoms with Crippen molar-refractivity contribution in [2.45, 2.75) is 47.5 Å². The van der Waals surface area contributed by atoms with Crippen LogP contribution in [0.1, 0.15) is 47.5 Å². The summed E-state index contributed by atoms with van der Waals surface area (Å²) in [5.41, 5.74) is 6.74. The van der Waals surface area contributed by atoms with Crippen molar-refractivity contribution in [2.75, 3.05) is 30.3 Å². The fraction of sp³-hybridized carbons (Fsp3) is 0.750. The molecule has 5 heteroatoms. The predicted octanol–water partition coefficient (Wildman–Crippen LogP) is 3.36. The normalized spacial score (nSPS) is 11.2. The zero-order valence-electron chi connectivity index (χ0n) is 14.1. The minimum absolute atomic E-state index is 0.488. The molecule has 0 aliphatic rings. The summed E-state index contributed by atoms with van der Waals surface area (Å²) in [5.74, 6) is 2.60. The van der Waals surface area contributed by atoms with Crippen molar-refractivity contribution in [1.29, 1.82) is 0 Å². The topological polar surface area (TPSA) is 64.3 Å². The number of nitrogen functional groups attached to an aromatic ring is 1. The maximum absolute atomic E-state index is 6.19. The smallest absolute Gasteiger partial charge is 0.242 e. The second-order valence-electron chi connectivity index (χ2n) is 6.20. The molecule has 0 aliphatic heterocycles. The van der Waals surface area contributed by atoms with Crippen LogP contribution in [0, 0.1) is 11.8 Å². The van der Waals surface area contributed by atoms with Crippen molar-refractivity contribution >= 4 is 11.5 Å². The number of anilines is 2. The molecule has 0 radical (unpaired) electrons. The van der Waals surface area contributed by atoms with Crippen molar-refractivity contribution in [3.8, 4) is 5.88 Å². The van der Waals surface area contributed by atoms with Gasteiger partial charge < -0.3 is 15.4 Å². The Kier molecular flexibility index (Phi) is 7.26. The molecule has 5 nitrogen and oxygen atoms in total. The Hall–Kier alpha value is -1.52. The maximum atomic E-state index is 6.19. The van der Waals surface area contributed by atoms with E-state index in [0.29, 0.717) is 30.0 Å².